The Morgan fingerprint density at radius 1 is 0.556 bits per heavy atom. The van der Waals surface area contributed by atoms with Gasteiger partial charge in [-0.2, -0.15) is 0 Å². The summed E-state index contributed by atoms with van der Waals surface area (Å²) in [5, 5.41) is 54.3. The predicted octanol–water partition coefficient (Wildman–Crippen LogP) is 11.3. The molecule has 0 bridgehead atoms. The molecule has 0 aromatic rings. The highest BCUT2D eigenvalue weighted by atomic mass is 16.7. The summed E-state index contributed by atoms with van der Waals surface area (Å²) in [5.74, 6) is -0.213. The van der Waals surface area contributed by atoms with Crippen LogP contribution in [0.1, 0.15) is 181 Å². The van der Waals surface area contributed by atoms with E-state index in [1.807, 2.05) is 6.08 Å². The molecular formula is C54H91NO8. The lowest BCUT2D eigenvalue weighted by Crippen LogP contribution is -2.60. The standard InChI is InChI=1S/C54H91NO8/c1-3-5-7-9-11-13-15-17-19-20-21-22-23-24-25-26-27-28-30-32-34-36-38-40-42-44-50(58)55-47(46-62-54-53(61)52(60)51(59)49(45-56)63-54)48(57)43-41-39-37-35-33-31-29-18-16-14-12-10-8-6-4-2/h5,7,11,13,17,19,21-22,24-25,27-28,32,34,41,43,47-49,51-54,56-57,59-61H,3-4,6,8-10,12,14-16,18,20,23,26,29-31,33,35-40,42,44-46H2,1-2H3,(H,55,58)/b7-5-,13-11-,19-17-,22-21-,25-24-,28-27-,34-32-,43-41+. The third-order valence-corrected chi connectivity index (χ3v) is 11.2. The van der Waals surface area contributed by atoms with Crippen LogP contribution in [0.3, 0.4) is 0 Å². The molecule has 1 heterocycles. The first-order valence-electron chi connectivity index (χ1n) is 25.0. The van der Waals surface area contributed by atoms with Gasteiger partial charge in [-0.25, -0.2) is 0 Å². The average Bonchev–Trinajstić information content (AvgIpc) is 3.28. The maximum absolute atomic E-state index is 13.0. The highest BCUT2D eigenvalue weighted by Crippen LogP contribution is 2.22. The smallest absolute Gasteiger partial charge is 0.220 e. The van der Waals surface area contributed by atoms with E-state index in [-0.39, 0.29) is 12.5 Å². The van der Waals surface area contributed by atoms with Crippen LogP contribution in [0.25, 0.3) is 0 Å². The molecular weight excluding hydrogens is 791 g/mol. The topological polar surface area (TPSA) is 149 Å². The van der Waals surface area contributed by atoms with Gasteiger partial charge in [0.2, 0.25) is 5.91 Å². The van der Waals surface area contributed by atoms with Gasteiger partial charge in [0.1, 0.15) is 24.4 Å². The van der Waals surface area contributed by atoms with Gasteiger partial charge in [-0.15, -0.1) is 0 Å². The van der Waals surface area contributed by atoms with E-state index in [1.54, 1.807) is 6.08 Å². The SMILES string of the molecule is CC/C=C\C/C=C\C/C=C\C/C=C\C/C=C\C/C=C\C/C=C\CCCCCC(=O)NC(COC1OC(CO)C(O)C(O)C1O)C(O)/C=C/CCCCCCCCCCCCCCC. The first-order valence-corrected chi connectivity index (χ1v) is 25.0. The van der Waals surface area contributed by atoms with E-state index < -0.39 is 49.5 Å². The van der Waals surface area contributed by atoms with Crippen LogP contribution in [0.5, 0.6) is 0 Å². The number of rotatable bonds is 40. The van der Waals surface area contributed by atoms with Crippen LogP contribution in [0.4, 0.5) is 0 Å². The Kier molecular flexibility index (Phi) is 39.7. The fraction of sp³-hybridized carbons (Fsp3) is 0.685. The normalized spacial score (nSPS) is 21.0. The van der Waals surface area contributed by atoms with Crippen molar-refractivity contribution in [3.05, 3.63) is 97.2 Å². The van der Waals surface area contributed by atoms with Gasteiger partial charge in [0, 0.05) is 6.42 Å². The number of aliphatic hydroxyl groups is 5. The zero-order valence-corrected chi connectivity index (χ0v) is 39.5. The largest absolute Gasteiger partial charge is 0.394 e. The Morgan fingerprint density at radius 3 is 1.46 bits per heavy atom. The highest BCUT2D eigenvalue weighted by molar-refractivity contribution is 5.76. The third kappa shape index (κ3) is 33.3. The predicted molar refractivity (Wildman–Crippen MR) is 262 cm³/mol. The van der Waals surface area contributed by atoms with Gasteiger partial charge in [-0.3, -0.25) is 4.79 Å². The number of unbranched alkanes of at least 4 members (excludes halogenated alkanes) is 16. The Hall–Kier alpha value is -2.89. The average molecular weight is 882 g/mol. The van der Waals surface area contributed by atoms with Crippen molar-refractivity contribution in [2.24, 2.45) is 0 Å². The summed E-state index contributed by atoms with van der Waals surface area (Å²) in [6.07, 6.45) is 54.5. The van der Waals surface area contributed by atoms with Gasteiger partial charge >= 0.3 is 0 Å². The minimum absolute atomic E-state index is 0.208. The maximum Gasteiger partial charge on any atom is 0.220 e. The van der Waals surface area contributed by atoms with Gasteiger partial charge < -0.3 is 40.3 Å². The van der Waals surface area contributed by atoms with Crippen molar-refractivity contribution in [2.45, 2.75) is 224 Å². The summed E-state index contributed by atoms with van der Waals surface area (Å²) in [5.41, 5.74) is 0. The van der Waals surface area contributed by atoms with E-state index in [0.717, 1.165) is 83.5 Å². The lowest BCUT2D eigenvalue weighted by atomic mass is 9.99. The zero-order valence-electron chi connectivity index (χ0n) is 39.5. The summed E-state index contributed by atoms with van der Waals surface area (Å²) in [7, 11) is 0. The first-order chi connectivity index (χ1) is 30.8. The van der Waals surface area contributed by atoms with Gasteiger partial charge in [0.15, 0.2) is 6.29 Å². The Morgan fingerprint density at radius 2 is 0.984 bits per heavy atom. The van der Waals surface area contributed by atoms with Gasteiger partial charge in [0.05, 0.1) is 25.4 Å². The molecule has 0 aliphatic carbocycles. The molecule has 63 heavy (non-hydrogen) atoms. The van der Waals surface area contributed by atoms with Crippen LogP contribution in [0, 0.1) is 0 Å². The van der Waals surface area contributed by atoms with Crippen molar-refractivity contribution in [3.8, 4) is 0 Å². The van der Waals surface area contributed by atoms with E-state index in [2.05, 4.69) is 104 Å². The molecule has 6 N–H and O–H groups in total. The van der Waals surface area contributed by atoms with E-state index in [0.29, 0.717) is 12.8 Å². The molecule has 0 aromatic carbocycles. The second-order valence-corrected chi connectivity index (χ2v) is 16.9. The number of aliphatic hydroxyl groups excluding tert-OH is 5. The third-order valence-electron chi connectivity index (χ3n) is 11.2. The molecule has 7 unspecified atom stereocenters. The van der Waals surface area contributed by atoms with Crippen molar-refractivity contribution in [1.82, 2.24) is 5.32 Å². The fourth-order valence-electron chi connectivity index (χ4n) is 7.19. The van der Waals surface area contributed by atoms with Gasteiger partial charge in [-0.05, 0) is 77.0 Å². The van der Waals surface area contributed by atoms with Gasteiger partial charge in [0.25, 0.3) is 0 Å². The summed E-state index contributed by atoms with van der Waals surface area (Å²) in [6.45, 7) is 3.62. The fourth-order valence-corrected chi connectivity index (χ4v) is 7.19. The Bertz CT molecular complexity index is 1300. The second-order valence-electron chi connectivity index (χ2n) is 16.9. The quantitative estimate of drug-likeness (QED) is 0.0263. The van der Waals surface area contributed by atoms with Crippen molar-refractivity contribution in [2.75, 3.05) is 13.2 Å². The molecule has 0 radical (unpaired) electrons. The van der Waals surface area contributed by atoms with Crippen LogP contribution in [-0.4, -0.2) is 87.5 Å². The zero-order chi connectivity index (χ0) is 45.9. The molecule has 0 spiro atoms. The number of amides is 1. The molecule has 1 rings (SSSR count). The number of carbonyl (C=O) groups excluding carboxylic acids is 1. The molecule has 1 saturated heterocycles. The van der Waals surface area contributed by atoms with Crippen molar-refractivity contribution in [3.63, 3.8) is 0 Å². The molecule has 1 aliphatic heterocycles. The van der Waals surface area contributed by atoms with Crippen molar-refractivity contribution < 1.29 is 39.8 Å². The highest BCUT2D eigenvalue weighted by Gasteiger charge is 2.44. The van der Waals surface area contributed by atoms with E-state index >= 15 is 0 Å². The Balaban J connectivity index is 2.35. The molecule has 9 nitrogen and oxygen atoms in total. The molecule has 0 saturated carbocycles. The number of ether oxygens (including phenoxy) is 2. The molecule has 9 heteroatoms. The lowest BCUT2D eigenvalue weighted by Gasteiger charge is -2.40. The molecule has 1 fully saturated rings. The van der Waals surface area contributed by atoms with Crippen LogP contribution in [0.2, 0.25) is 0 Å². The van der Waals surface area contributed by atoms with Crippen LogP contribution in [-0.2, 0) is 14.3 Å². The van der Waals surface area contributed by atoms with Crippen LogP contribution >= 0.6 is 0 Å². The molecule has 1 aliphatic rings. The second kappa shape index (κ2) is 43.0. The summed E-state index contributed by atoms with van der Waals surface area (Å²) >= 11 is 0. The Labute approximate surface area is 383 Å². The van der Waals surface area contributed by atoms with Gasteiger partial charge in [-0.1, -0.05) is 195 Å². The molecule has 360 valence electrons. The van der Waals surface area contributed by atoms with E-state index in [9.17, 15) is 30.3 Å². The van der Waals surface area contributed by atoms with Crippen molar-refractivity contribution >= 4 is 5.91 Å². The maximum atomic E-state index is 13.0. The number of allylic oxidation sites excluding steroid dienone is 15. The minimum Gasteiger partial charge on any atom is -0.394 e. The summed E-state index contributed by atoms with van der Waals surface area (Å²) in [4.78, 5) is 13.0. The monoisotopic (exact) mass is 882 g/mol. The summed E-state index contributed by atoms with van der Waals surface area (Å²) < 4.78 is 11.2. The van der Waals surface area contributed by atoms with E-state index in [1.165, 1.54) is 70.6 Å². The number of nitrogens with one attached hydrogen (secondary N) is 1. The first kappa shape index (κ1) is 58.1. The van der Waals surface area contributed by atoms with Crippen LogP contribution < -0.4 is 5.32 Å². The minimum atomic E-state index is -1.58. The van der Waals surface area contributed by atoms with E-state index in [4.69, 9.17) is 9.47 Å². The number of hydrogen-bond donors (Lipinski definition) is 6. The number of carbonyl (C=O) groups is 1. The molecule has 7 atom stereocenters. The lowest BCUT2D eigenvalue weighted by molar-refractivity contribution is -0.302. The van der Waals surface area contributed by atoms with Crippen LogP contribution in [0.15, 0.2) is 97.2 Å². The molecule has 1 amide bonds. The number of hydrogen-bond acceptors (Lipinski definition) is 8. The molecule has 0 aromatic heterocycles. The summed E-state index contributed by atoms with van der Waals surface area (Å²) in [6, 6.07) is -0.829. The van der Waals surface area contributed by atoms with Crippen molar-refractivity contribution in [1.29, 1.82) is 0 Å².